The molecule has 2 rings (SSSR count). The highest BCUT2D eigenvalue weighted by Crippen LogP contribution is 2.29. The van der Waals surface area contributed by atoms with Crippen molar-refractivity contribution in [2.75, 3.05) is 14.2 Å². The Morgan fingerprint density at radius 2 is 1.92 bits per heavy atom. The molecule has 0 bridgehead atoms. The maximum atomic E-state index is 12.7. The summed E-state index contributed by atoms with van der Waals surface area (Å²) < 4.78 is 10.4. The topological polar surface area (TPSA) is 67.9 Å². The van der Waals surface area contributed by atoms with Gasteiger partial charge in [0.2, 0.25) is 0 Å². The molecule has 1 aliphatic heterocycles. The molecule has 0 radical (unpaired) electrons. The lowest BCUT2D eigenvalue weighted by Crippen LogP contribution is -2.56. The Balaban J connectivity index is 2.42. The van der Waals surface area contributed by atoms with E-state index in [1.165, 1.54) is 18.1 Å². The van der Waals surface area contributed by atoms with E-state index >= 15 is 0 Å². The van der Waals surface area contributed by atoms with Crippen molar-refractivity contribution >= 4 is 35.2 Å². The Labute approximate surface area is 146 Å². The van der Waals surface area contributed by atoms with Crippen molar-refractivity contribution in [1.82, 2.24) is 10.2 Å². The molecule has 2 amide bonds. The molecule has 0 saturated carbocycles. The number of benzene rings is 1. The van der Waals surface area contributed by atoms with E-state index in [0.29, 0.717) is 17.1 Å². The minimum atomic E-state index is -0.501. The van der Waals surface area contributed by atoms with Crippen molar-refractivity contribution in [3.63, 3.8) is 0 Å². The van der Waals surface area contributed by atoms with Gasteiger partial charge in [0, 0.05) is 6.04 Å². The molecule has 7 heteroatoms. The lowest BCUT2D eigenvalue weighted by molar-refractivity contribution is -0.130. The monoisotopic (exact) mass is 348 g/mol. The van der Waals surface area contributed by atoms with Crippen LogP contribution >= 0.6 is 12.2 Å². The van der Waals surface area contributed by atoms with Crippen molar-refractivity contribution in [3.8, 4) is 11.5 Å². The van der Waals surface area contributed by atoms with Gasteiger partial charge in [-0.25, -0.2) is 0 Å². The van der Waals surface area contributed by atoms with Crippen LogP contribution in [0, 0.1) is 0 Å². The SMILES string of the molecule is CCC(C)N1C(=O)/C(=C/c2ccc(OC)c(OC)c2)C(=O)NC1=S. The highest BCUT2D eigenvalue weighted by Gasteiger charge is 2.35. The van der Waals surface area contributed by atoms with Crippen LogP contribution in [0.2, 0.25) is 0 Å². The summed E-state index contributed by atoms with van der Waals surface area (Å²) >= 11 is 5.12. The molecule has 1 aromatic rings. The van der Waals surface area contributed by atoms with E-state index in [9.17, 15) is 9.59 Å². The standard InChI is InChI=1S/C17H20N2O4S/c1-5-10(2)19-16(21)12(15(20)18-17(19)24)8-11-6-7-13(22-3)14(9-11)23-4/h6-10H,5H2,1-4H3,(H,18,20,24)/b12-8+. The van der Waals surface area contributed by atoms with Gasteiger partial charge >= 0.3 is 0 Å². The number of nitrogens with one attached hydrogen (secondary N) is 1. The molecule has 6 nitrogen and oxygen atoms in total. The maximum Gasteiger partial charge on any atom is 0.265 e. The molecule has 1 atom stereocenters. The fourth-order valence-electron chi connectivity index (χ4n) is 2.36. The van der Waals surface area contributed by atoms with Gasteiger partial charge in [0.15, 0.2) is 16.6 Å². The predicted octanol–water partition coefficient (Wildman–Crippen LogP) is 2.13. The fraction of sp³-hybridized carbons (Fsp3) is 0.353. The minimum Gasteiger partial charge on any atom is -0.493 e. The summed E-state index contributed by atoms with van der Waals surface area (Å²) in [6.45, 7) is 3.84. The first-order valence-electron chi connectivity index (χ1n) is 7.55. The second kappa shape index (κ2) is 7.44. The van der Waals surface area contributed by atoms with Crippen LogP contribution in [0.25, 0.3) is 6.08 Å². The first kappa shape index (κ1) is 17.9. The zero-order chi connectivity index (χ0) is 17.9. The molecule has 1 N–H and O–H groups in total. The number of amides is 2. The lowest BCUT2D eigenvalue weighted by Gasteiger charge is -2.33. The summed E-state index contributed by atoms with van der Waals surface area (Å²) in [7, 11) is 3.06. The van der Waals surface area contributed by atoms with Crippen LogP contribution in [-0.2, 0) is 9.59 Å². The molecule has 0 spiro atoms. The Hall–Kier alpha value is -2.41. The predicted molar refractivity (Wildman–Crippen MR) is 94.9 cm³/mol. The number of ether oxygens (including phenoxy) is 2. The first-order valence-corrected chi connectivity index (χ1v) is 7.96. The minimum absolute atomic E-state index is 0.0381. The van der Waals surface area contributed by atoms with E-state index in [1.807, 2.05) is 13.8 Å². The van der Waals surface area contributed by atoms with Crippen LogP contribution in [0.4, 0.5) is 0 Å². The van der Waals surface area contributed by atoms with E-state index in [2.05, 4.69) is 5.32 Å². The molecule has 128 valence electrons. The van der Waals surface area contributed by atoms with Crippen LogP contribution in [0.1, 0.15) is 25.8 Å². The first-order chi connectivity index (χ1) is 11.4. The highest BCUT2D eigenvalue weighted by atomic mass is 32.1. The second-order valence-corrected chi connectivity index (χ2v) is 5.75. The second-order valence-electron chi connectivity index (χ2n) is 5.36. The van der Waals surface area contributed by atoms with Gasteiger partial charge in [0.25, 0.3) is 11.8 Å². The van der Waals surface area contributed by atoms with Crippen molar-refractivity contribution in [2.24, 2.45) is 0 Å². The summed E-state index contributed by atoms with van der Waals surface area (Å²) in [5.41, 5.74) is 0.694. The third kappa shape index (κ3) is 3.41. The molecular formula is C17H20N2O4S. The van der Waals surface area contributed by atoms with Gasteiger partial charge in [-0.15, -0.1) is 0 Å². The van der Waals surface area contributed by atoms with Crippen LogP contribution in [-0.4, -0.2) is 42.1 Å². The summed E-state index contributed by atoms with van der Waals surface area (Å²) in [6.07, 6.45) is 2.25. The van der Waals surface area contributed by atoms with Crippen LogP contribution in [0.5, 0.6) is 11.5 Å². The lowest BCUT2D eigenvalue weighted by atomic mass is 10.1. The normalized spacial score (nSPS) is 17.8. The number of carbonyl (C=O) groups is 2. The Morgan fingerprint density at radius 1 is 1.25 bits per heavy atom. The van der Waals surface area contributed by atoms with Gasteiger partial charge in [-0.3, -0.25) is 19.8 Å². The molecule has 1 aliphatic rings. The summed E-state index contributed by atoms with van der Waals surface area (Å²) in [5, 5.41) is 2.71. The highest BCUT2D eigenvalue weighted by molar-refractivity contribution is 7.80. The van der Waals surface area contributed by atoms with Crippen molar-refractivity contribution in [3.05, 3.63) is 29.3 Å². The Morgan fingerprint density at radius 3 is 2.50 bits per heavy atom. The number of thiocarbonyl (C=S) groups is 1. The number of methoxy groups -OCH3 is 2. The molecule has 1 unspecified atom stereocenters. The third-order valence-electron chi connectivity index (χ3n) is 3.88. The van der Waals surface area contributed by atoms with E-state index in [1.54, 1.807) is 25.3 Å². The van der Waals surface area contributed by atoms with Crippen molar-refractivity contribution < 1.29 is 19.1 Å². The molecule has 0 aliphatic carbocycles. The van der Waals surface area contributed by atoms with E-state index in [0.717, 1.165) is 6.42 Å². The van der Waals surface area contributed by atoms with E-state index < -0.39 is 11.8 Å². The number of nitrogens with zero attached hydrogens (tertiary/aromatic N) is 1. The molecular weight excluding hydrogens is 328 g/mol. The molecule has 24 heavy (non-hydrogen) atoms. The molecule has 1 aromatic carbocycles. The molecule has 0 aromatic heterocycles. The van der Waals surface area contributed by atoms with Crippen LogP contribution < -0.4 is 14.8 Å². The van der Waals surface area contributed by atoms with Crippen molar-refractivity contribution in [1.29, 1.82) is 0 Å². The maximum absolute atomic E-state index is 12.7. The van der Waals surface area contributed by atoms with Crippen LogP contribution in [0.15, 0.2) is 23.8 Å². The zero-order valence-electron chi connectivity index (χ0n) is 14.1. The van der Waals surface area contributed by atoms with E-state index in [-0.39, 0.29) is 16.7 Å². The number of hydrogen-bond donors (Lipinski definition) is 1. The van der Waals surface area contributed by atoms with Gasteiger partial charge in [-0.2, -0.15) is 0 Å². The smallest absolute Gasteiger partial charge is 0.265 e. The largest absolute Gasteiger partial charge is 0.493 e. The van der Waals surface area contributed by atoms with Crippen LogP contribution in [0.3, 0.4) is 0 Å². The summed E-state index contributed by atoms with van der Waals surface area (Å²) in [4.78, 5) is 26.3. The Bertz CT molecular complexity index is 715. The summed E-state index contributed by atoms with van der Waals surface area (Å²) in [6, 6.07) is 5.06. The zero-order valence-corrected chi connectivity index (χ0v) is 14.9. The van der Waals surface area contributed by atoms with Gasteiger partial charge in [-0.1, -0.05) is 13.0 Å². The van der Waals surface area contributed by atoms with Crippen molar-refractivity contribution in [2.45, 2.75) is 26.3 Å². The third-order valence-corrected chi connectivity index (χ3v) is 4.18. The average molecular weight is 348 g/mol. The van der Waals surface area contributed by atoms with E-state index in [4.69, 9.17) is 21.7 Å². The number of rotatable bonds is 5. The fourth-order valence-corrected chi connectivity index (χ4v) is 2.72. The van der Waals surface area contributed by atoms with Gasteiger partial charge < -0.3 is 9.47 Å². The van der Waals surface area contributed by atoms with Gasteiger partial charge in [0.1, 0.15) is 5.57 Å². The Kier molecular flexibility index (Phi) is 5.56. The molecule has 1 saturated heterocycles. The summed E-state index contributed by atoms with van der Waals surface area (Å²) in [5.74, 6) is 0.193. The average Bonchev–Trinajstić information content (AvgIpc) is 2.57. The molecule has 1 fully saturated rings. The van der Waals surface area contributed by atoms with Gasteiger partial charge in [0.05, 0.1) is 14.2 Å². The number of hydrogen-bond acceptors (Lipinski definition) is 5. The molecule has 1 heterocycles. The number of carbonyl (C=O) groups excluding carboxylic acids is 2. The van der Waals surface area contributed by atoms with Gasteiger partial charge in [-0.05, 0) is 49.3 Å². The quantitative estimate of drug-likeness (QED) is 0.502.